The Balaban J connectivity index is 2.04. The Morgan fingerprint density at radius 1 is 1.35 bits per heavy atom. The first-order valence-corrected chi connectivity index (χ1v) is 7.02. The summed E-state index contributed by atoms with van der Waals surface area (Å²) in [4.78, 5) is 13.7. The van der Waals surface area contributed by atoms with Gasteiger partial charge >= 0.3 is 0 Å². The maximum atomic E-state index is 5.69. The molecule has 0 aliphatic carbocycles. The molecule has 0 saturated carbocycles. The molecule has 6 nitrogen and oxygen atoms in total. The fraction of sp³-hybridized carbons (Fsp3) is 0.231. The Kier molecular flexibility index (Phi) is 3.19. The number of hydrogen-bond acceptors (Lipinski definition) is 7. The lowest BCUT2D eigenvalue weighted by Crippen LogP contribution is -1.92. The summed E-state index contributed by atoms with van der Waals surface area (Å²) < 4.78 is 5.31. The van der Waals surface area contributed by atoms with Crippen LogP contribution in [0.15, 0.2) is 22.9 Å². The molecule has 0 saturated heterocycles. The first-order chi connectivity index (χ1) is 9.69. The van der Waals surface area contributed by atoms with Crippen LogP contribution in [0.1, 0.15) is 18.2 Å². The van der Waals surface area contributed by atoms with E-state index in [9.17, 15) is 0 Å². The van der Waals surface area contributed by atoms with E-state index in [1.165, 1.54) is 11.3 Å². The van der Waals surface area contributed by atoms with Crippen molar-refractivity contribution in [3.05, 3.63) is 29.6 Å². The molecule has 3 aromatic rings. The highest BCUT2D eigenvalue weighted by molar-refractivity contribution is 7.18. The van der Waals surface area contributed by atoms with Crippen molar-refractivity contribution in [3.63, 3.8) is 0 Å². The predicted molar refractivity (Wildman–Crippen MR) is 77.2 cm³/mol. The van der Waals surface area contributed by atoms with Gasteiger partial charge in [0.2, 0.25) is 5.82 Å². The van der Waals surface area contributed by atoms with Gasteiger partial charge in [-0.3, -0.25) is 4.98 Å². The Labute approximate surface area is 119 Å². The quantitative estimate of drug-likeness (QED) is 0.796. The molecule has 2 N–H and O–H groups in total. The lowest BCUT2D eigenvalue weighted by atomic mass is 10.1. The fourth-order valence-electron chi connectivity index (χ4n) is 1.95. The van der Waals surface area contributed by atoms with E-state index in [2.05, 4.69) is 27.0 Å². The molecule has 0 spiro atoms. The van der Waals surface area contributed by atoms with E-state index in [0.29, 0.717) is 16.8 Å². The summed E-state index contributed by atoms with van der Waals surface area (Å²) in [6, 6.07) is 3.91. The van der Waals surface area contributed by atoms with Crippen molar-refractivity contribution < 1.29 is 4.52 Å². The maximum Gasteiger partial charge on any atom is 0.270 e. The summed E-state index contributed by atoms with van der Waals surface area (Å²) in [5, 5.41) is 4.50. The van der Waals surface area contributed by atoms with E-state index >= 15 is 0 Å². The van der Waals surface area contributed by atoms with E-state index < -0.39 is 0 Å². The highest BCUT2D eigenvalue weighted by atomic mass is 32.1. The maximum absolute atomic E-state index is 5.69. The summed E-state index contributed by atoms with van der Waals surface area (Å²) in [5.74, 6) is 0.920. The average molecular weight is 287 g/mol. The lowest BCUT2D eigenvalue weighted by Gasteiger charge is -2.00. The summed E-state index contributed by atoms with van der Waals surface area (Å²) in [6.07, 6.45) is 2.58. The number of nitrogens with zero attached hydrogens (tertiary/aromatic N) is 4. The number of anilines is 1. The number of hydrogen-bond donors (Lipinski definition) is 1. The minimum absolute atomic E-state index is 0.430. The number of nitrogen functional groups attached to an aromatic ring is 1. The Hall–Kier alpha value is -2.28. The van der Waals surface area contributed by atoms with E-state index in [1.807, 2.05) is 19.1 Å². The molecule has 0 radical (unpaired) electrons. The van der Waals surface area contributed by atoms with Crippen molar-refractivity contribution >= 4 is 16.5 Å². The van der Waals surface area contributed by atoms with E-state index in [4.69, 9.17) is 10.3 Å². The van der Waals surface area contributed by atoms with Crippen LogP contribution in [-0.4, -0.2) is 20.1 Å². The smallest absolute Gasteiger partial charge is 0.270 e. The van der Waals surface area contributed by atoms with Crippen LogP contribution < -0.4 is 5.73 Å². The van der Waals surface area contributed by atoms with Crippen LogP contribution in [0.25, 0.3) is 22.3 Å². The zero-order valence-corrected chi connectivity index (χ0v) is 11.9. The molecule has 102 valence electrons. The molecule has 0 bridgehead atoms. The molecule has 3 heterocycles. The van der Waals surface area contributed by atoms with Crippen molar-refractivity contribution in [1.82, 2.24) is 20.1 Å². The molecule has 0 atom stereocenters. The standard InChI is InChI=1S/C13H13N5OS/c1-3-8-5-4-6-15-9(8)11-17-12(19-18-11)10-7(2)16-13(14)20-10/h4-6H,3H2,1-2H3,(H2,14,16). The molecule has 20 heavy (non-hydrogen) atoms. The van der Waals surface area contributed by atoms with Gasteiger partial charge in [0.15, 0.2) is 5.13 Å². The van der Waals surface area contributed by atoms with E-state index in [1.54, 1.807) is 6.20 Å². The first-order valence-electron chi connectivity index (χ1n) is 6.20. The zero-order valence-electron chi connectivity index (χ0n) is 11.1. The number of aromatic nitrogens is 4. The van der Waals surface area contributed by atoms with Gasteiger partial charge in [0.25, 0.3) is 5.89 Å². The molecule has 0 fully saturated rings. The fourth-order valence-corrected chi connectivity index (χ4v) is 2.71. The van der Waals surface area contributed by atoms with Crippen LogP contribution in [0.2, 0.25) is 0 Å². The molecule has 0 aliphatic rings. The van der Waals surface area contributed by atoms with Gasteiger partial charge in [0, 0.05) is 6.20 Å². The molecule has 0 unspecified atom stereocenters. The van der Waals surface area contributed by atoms with Crippen LogP contribution in [0.4, 0.5) is 5.13 Å². The summed E-state index contributed by atoms with van der Waals surface area (Å²) >= 11 is 1.34. The summed E-state index contributed by atoms with van der Waals surface area (Å²) in [6.45, 7) is 3.93. The molecular weight excluding hydrogens is 274 g/mol. The van der Waals surface area contributed by atoms with Crippen LogP contribution in [0, 0.1) is 6.92 Å². The number of pyridine rings is 1. The van der Waals surface area contributed by atoms with Crippen molar-refractivity contribution in [2.75, 3.05) is 5.73 Å². The second kappa shape index (κ2) is 5.01. The number of nitrogens with two attached hydrogens (primary N) is 1. The van der Waals surface area contributed by atoms with Gasteiger partial charge in [0.1, 0.15) is 10.6 Å². The normalized spacial score (nSPS) is 10.9. The average Bonchev–Trinajstić information content (AvgIpc) is 3.05. The Morgan fingerprint density at radius 2 is 2.20 bits per heavy atom. The van der Waals surface area contributed by atoms with Gasteiger partial charge < -0.3 is 10.3 Å². The monoisotopic (exact) mass is 287 g/mol. The second-order valence-corrected chi connectivity index (χ2v) is 5.29. The molecular formula is C13H13N5OS. The minimum atomic E-state index is 0.430. The molecule has 3 aromatic heterocycles. The first kappa shape index (κ1) is 12.7. The van der Waals surface area contributed by atoms with Gasteiger partial charge in [-0.05, 0) is 25.0 Å². The second-order valence-electron chi connectivity index (χ2n) is 4.25. The van der Waals surface area contributed by atoms with Crippen LogP contribution in [0.5, 0.6) is 0 Å². The third-order valence-electron chi connectivity index (χ3n) is 2.92. The summed E-state index contributed by atoms with van der Waals surface area (Å²) in [5.41, 5.74) is 8.31. The van der Waals surface area contributed by atoms with Crippen molar-refractivity contribution in [2.24, 2.45) is 0 Å². The SMILES string of the molecule is CCc1cccnc1-c1noc(-c2sc(N)nc2C)n1. The summed E-state index contributed by atoms with van der Waals surface area (Å²) in [7, 11) is 0. The van der Waals surface area contributed by atoms with Crippen LogP contribution in [-0.2, 0) is 6.42 Å². The van der Waals surface area contributed by atoms with Crippen LogP contribution >= 0.6 is 11.3 Å². The van der Waals surface area contributed by atoms with Gasteiger partial charge in [-0.25, -0.2) is 4.98 Å². The molecule has 0 aromatic carbocycles. The zero-order chi connectivity index (χ0) is 14.1. The Morgan fingerprint density at radius 3 is 2.90 bits per heavy atom. The molecule has 3 rings (SSSR count). The topological polar surface area (TPSA) is 90.7 Å². The van der Waals surface area contributed by atoms with E-state index in [0.717, 1.165) is 28.2 Å². The van der Waals surface area contributed by atoms with E-state index in [-0.39, 0.29) is 0 Å². The largest absolute Gasteiger partial charge is 0.375 e. The van der Waals surface area contributed by atoms with Crippen LogP contribution in [0.3, 0.4) is 0 Å². The molecule has 7 heteroatoms. The molecule has 0 amide bonds. The number of aryl methyl sites for hydroxylation is 2. The number of rotatable bonds is 3. The molecule has 0 aliphatic heterocycles. The van der Waals surface area contributed by atoms with Crippen molar-refractivity contribution in [2.45, 2.75) is 20.3 Å². The van der Waals surface area contributed by atoms with Crippen molar-refractivity contribution in [1.29, 1.82) is 0 Å². The van der Waals surface area contributed by atoms with Crippen molar-refractivity contribution in [3.8, 4) is 22.3 Å². The minimum Gasteiger partial charge on any atom is -0.375 e. The van der Waals surface area contributed by atoms with Gasteiger partial charge in [-0.2, -0.15) is 4.98 Å². The Bertz CT molecular complexity index is 749. The third kappa shape index (κ3) is 2.16. The number of thiazole rings is 1. The predicted octanol–water partition coefficient (Wildman–Crippen LogP) is 2.71. The van der Waals surface area contributed by atoms with Gasteiger partial charge in [-0.15, -0.1) is 0 Å². The van der Waals surface area contributed by atoms with Gasteiger partial charge in [-0.1, -0.05) is 29.5 Å². The third-order valence-corrected chi connectivity index (χ3v) is 3.89. The van der Waals surface area contributed by atoms with Gasteiger partial charge in [0.05, 0.1) is 5.69 Å². The lowest BCUT2D eigenvalue weighted by molar-refractivity contribution is 0.432. The highest BCUT2D eigenvalue weighted by Crippen LogP contribution is 2.31. The highest BCUT2D eigenvalue weighted by Gasteiger charge is 2.18.